The van der Waals surface area contributed by atoms with Crippen molar-refractivity contribution in [1.29, 1.82) is 0 Å². The minimum absolute atomic E-state index is 0.671. The first kappa shape index (κ1) is 16.3. The summed E-state index contributed by atoms with van der Waals surface area (Å²) in [5.41, 5.74) is 2.12. The molecule has 3 aromatic heterocycles. The number of hydrogen-bond donors (Lipinski definition) is 0. The Bertz CT molecular complexity index is 911. The summed E-state index contributed by atoms with van der Waals surface area (Å²) >= 11 is 0. The van der Waals surface area contributed by atoms with E-state index in [2.05, 4.69) is 34.8 Å². The van der Waals surface area contributed by atoms with Gasteiger partial charge < -0.3 is 4.90 Å². The summed E-state index contributed by atoms with van der Waals surface area (Å²) in [6, 6.07) is 3.92. The van der Waals surface area contributed by atoms with Gasteiger partial charge in [-0.1, -0.05) is 0 Å². The van der Waals surface area contributed by atoms with Crippen LogP contribution in [0.3, 0.4) is 0 Å². The summed E-state index contributed by atoms with van der Waals surface area (Å²) in [7, 11) is 0. The lowest BCUT2D eigenvalue weighted by Gasteiger charge is -2.22. The molecule has 0 spiro atoms. The van der Waals surface area contributed by atoms with Crippen LogP contribution in [0.4, 0.5) is 5.82 Å². The van der Waals surface area contributed by atoms with Gasteiger partial charge in [-0.2, -0.15) is 5.10 Å². The van der Waals surface area contributed by atoms with E-state index in [1.165, 1.54) is 0 Å². The summed E-state index contributed by atoms with van der Waals surface area (Å²) in [4.78, 5) is 22.6. The predicted octanol–water partition coefficient (Wildman–Crippen LogP) is 1.33. The van der Waals surface area contributed by atoms with Gasteiger partial charge in [0.15, 0.2) is 5.82 Å². The van der Waals surface area contributed by atoms with E-state index in [-0.39, 0.29) is 0 Å². The number of aromatic nitrogens is 6. The van der Waals surface area contributed by atoms with Gasteiger partial charge in [-0.05, 0) is 24.8 Å². The molecule has 27 heavy (non-hydrogen) atoms. The van der Waals surface area contributed by atoms with Crippen LogP contribution in [0.1, 0.15) is 11.4 Å². The van der Waals surface area contributed by atoms with Gasteiger partial charge in [0.25, 0.3) is 0 Å². The van der Waals surface area contributed by atoms with Gasteiger partial charge >= 0.3 is 0 Å². The topological polar surface area (TPSA) is 75.9 Å². The number of hydrogen-bond acceptors (Lipinski definition) is 7. The lowest BCUT2D eigenvalue weighted by molar-refractivity contribution is 0.304. The van der Waals surface area contributed by atoms with Crippen LogP contribution >= 0.6 is 0 Å². The number of anilines is 1. The SMILES string of the molecule is Cc1nccnc1CN1CC2CN(c3cc(-n4cccn4)ncn3)CC2C1. The molecule has 0 aromatic carbocycles. The Balaban J connectivity index is 1.25. The quantitative estimate of drug-likeness (QED) is 0.693. The predicted molar refractivity (Wildman–Crippen MR) is 100 cm³/mol. The van der Waals surface area contributed by atoms with E-state index in [4.69, 9.17) is 0 Å². The van der Waals surface area contributed by atoms with Gasteiger partial charge in [-0.3, -0.25) is 14.9 Å². The molecule has 138 valence electrons. The van der Waals surface area contributed by atoms with E-state index < -0.39 is 0 Å². The second-order valence-corrected chi connectivity index (χ2v) is 7.39. The number of fused-ring (bicyclic) bond motifs is 1. The molecule has 2 aliphatic rings. The van der Waals surface area contributed by atoms with Crippen LogP contribution in [0.5, 0.6) is 0 Å². The second kappa shape index (κ2) is 6.70. The Morgan fingerprint density at radius 1 is 0.926 bits per heavy atom. The third-order valence-electron chi connectivity index (χ3n) is 5.62. The maximum Gasteiger partial charge on any atom is 0.158 e. The number of aryl methyl sites for hydroxylation is 1. The van der Waals surface area contributed by atoms with Crippen molar-refractivity contribution in [3.63, 3.8) is 0 Å². The van der Waals surface area contributed by atoms with Crippen LogP contribution in [0.25, 0.3) is 5.82 Å². The average molecular weight is 362 g/mol. The van der Waals surface area contributed by atoms with Crippen LogP contribution in [0.2, 0.25) is 0 Å². The lowest BCUT2D eigenvalue weighted by Crippen LogP contribution is -2.29. The van der Waals surface area contributed by atoms with Crippen LogP contribution in [0, 0.1) is 18.8 Å². The van der Waals surface area contributed by atoms with Gasteiger partial charge in [0, 0.05) is 63.6 Å². The third-order valence-corrected chi connectivity index (χ3v) is 5.62. The normalized spacial score (nSPS) is 22.3. The molecule has 2 saturated heterocycles. The minimum Gasteiger partial charge on any atom is -0.356 e. The molecule has 2 atom stereocenters. The summed E-state index contributed by atoms with van der Waals surface area (Å²) in [5, 5.41) is 4.26. The monoisotopic (exact) mass is 362 g/mol. The van der Waals surface area contributed by atoms with Gasteiger partial charge in [0.05, 0.1) is 11.4 Å². The van der Waals surface area contributed by atoms with Crippen molar-refractivity contribution in [3.05, 3.63) is 54.6 Å². The van der Waals surface area contributed by atoms with E-state index in [9.17, 15) is 0 Å². The summed E-state index contributed by atoms with van der Waals surface area (Å²) < 4.78 is 1.77. The molecule has 8 nitrogen and oxygen atoms in total. The number of nitrogens with zero attached hydrogens (tertiary/aromatic N) is 8. The summed E-state index contributed by atoms with van der Waals surface area (Å²) in [6.45, 7) is 7.21. The van der Waals surface area contributed by atoms with E-state index in [1.54, 1.807) is 29.6 Å². The first-order valence-corrected chi connectivity index (χ1v) is 9.32. The zero-order valence-corrected chi connectivity index (χ0v) is 15.3. The first-order valence-electron chi connectivity index (χ1n) is 9.32. The van der Waals surface area contributed by atoms with Crippen molar-refractivity contribution in [2.45, 2.75) is 13.5 Å². The molecule has 5 rings (SSSR count). The molecular formula is C19H22N8. The van der Waals surface area contributed by atoms with Gasteiger partial charge in [-0.15, -0.1) is 0 Å². The minimum atomic E-state index is 0.671. The molecule has 0 bridgehead atoms. The van der Waals surface area contributed by atoms with Gasteiger partial charge in [0.1, 0.15) is 12.1 Å². The van der Waals surface area contributed by atoms with Crippen molar-refractivity contribution >= 4 is 5.82 Å². The van der Waals surface area contributed by atoms with Crippen molar-refractivity contribution in [2.75, 3.05) is 31.1 Å². The van der Waals surface area contributed by atoms with Crippen molar-refractivity contribution in [3.8, 4) is 5.82 Å². The Morgan fingerprint density at radius 2 is 1.70 bits per heavy atom. The maximum atomic E-state index is 4.50. The maximum absolute atomic E-state index is 4.50. The van der Waals surface area contributed by atoms with Crippen molar-refractivity contribution in [1.82, 2.24) is 34.6 Å². The fourth-order valence-corrected chi connectivity index (χ4v) is 4.25. The standard InChI is InChI=1S/C19H22N8/c1-14-17(21-5-4-20-14)12-25-8-15-10-26(11-16(15)9-25)18-7-19(23-13-22-18)27-6-2-3-24-27/h2-7,13,15-16H,8-12H2,1H3. The Labute approximate surface area is 157 Å². The van der Waals surface area contributed by atoms with Crippen LogP contribution in [-0.2, 0) is 6.54 Å². The zero-order chi connectivity index (χ0) is 18.2. The second-order valence-electron chi connectivity index (χ2n) is 7.39. The first-order chi connectivity index (χ1) is 13.3. The molecule has 3 aromatic rings. The molecular weight excluding hydrogens is 340 g/mol. The Hall–Kier alpha value is -2.87. The van der Waals surface area contributed by atoms with Gasteiger partial charge in [0.2, 0.25) is 0 Å². The highest BCUT2D eigenvalue weighted by atomic mass is 15.3. The summed E-state index contributed by atoms with van der Waals surface area (Å²) in [6.07, 6.45) is 8.83. The molecule has 5 heterocycles. The highest BCUT2D eigenvalue weighted by molar-refractivity contribution is 5.44. The van der Waals surface area contributed by atoms with Gasteiger partial charge in [-0.25, -0.2) is 14.6 Å². The smallest absolute Gasteiger partial charge is 0.158 e. The average Bonchev–Trinajstić information content (AvgIpc) is 3.40. The zero-order valence-electron chi connectivity index (χ0n) is 15.3. The van der Waals surface area contributed by atoms with E-state index >= 15 is 0 Å². The summed E-state index contributed by atoms with van der Waals surface area (Å²) in [5.74, 6) is 3.14. The molecule has 2 unspecified atom stereocenters. The molecule has 2 fully saturated rings. The number of likely N-dealkylation sites (tertiary alicyclic amines) is 1. The Kier molecular flexibility index (Phi) is 4.05. The fraction of sp³-hybridized carbons (Fsp3) is 0.421. The van der Waals surface area contributed by atoms with Crippen molar-refractivity contribution < 1.29 is 0 Å². The van der Waals surface area contributed by atoms with Crippen LogP contribution in [-0.4, -0.2) is 60.8 Å². The molecule has 8 heteroatoms. The largest absolute Gasteiger partial charge is 0.356 e. The van der Waals surface area contributed by atoms with E-state index in [0.717, 1.165) is 55.7 Å². The molecule has 2 aliphatic heterocycles. The van der Waals surface area contributed by atoms with Crippen LogP contribution in [0.15, 0.2) is 43.2 Å². The molecule has 0 N–H and O–H groups in total. The molecule has 0 saturated carbocycles. The highest BCUT2D eigenvalue weighted by Crippen LogP contribution is 2.34. The van der Waals surface area contributed by atoms with E-state index in [1.807, 2.05) is 25.3 Å². The number of rotatable bonds is 4. The molecule has 0 radical (unpaired) electrons. The Morgan fingerprint density at radius 3 is 2.44 bits per heavy atom. The van der Waals surface area contributed by atoms with E-state index in [0.29, 0.717) is 11.8 Å². The third kappa shape index (κ3) is 3.16. The highest BCUT2D eigenvalue weighted by Gasteiger charge is 2.40. The fourth-order valence-electron chi connectivity index (χ4n) is 4.25. The lowest BCUT2D eigenvalue weighted by atomic mass is 10.0. The van der Waals surface area contributed by atoms with Crippen molar-refractivity contribution in [2.24, 2.45) is 11.8 Å². The molecule has 0 aliphatic carbocycles. The molecule has 0 amide bonds. The van der Waals surface area contributed by atoms with Crippen LogP contribution < -0.4 is 4.90 Å².